The van der Waals surface area contributed by atoms with Gasteiger partial charge in [0, 0.05) is 38.6 Å². The highest BCUT2D eigenvalue weighted by Gasteiger charge is 2.24. The van der Waals surface area contributed by atoms with Crippen LogP contribution in [0.25, 0.3) is 0 Å². The van der Waals surface area contributed by atoms with E-state index in [0.29, 0.717) is 32.7 Å². The van der Waals surface area contributed by atoms with Gasteiger partial charge in [-0.15, -0.1) is 0 Å². The Balaban J connectivity index is 2.39. The van der Waals surface area contributed by atoms with Crippen molar-refractivity contribution in [2.24, 2.45) is 5.92 Å². The molecule has 0 aliphatic carbocycles. The minimum Gasteiger partial charge on any atom is -0.339 e. The Bertz CT molecular complexity index is 258. The quantitative estimate of drug-likeness (QED) is 0.747. The lowest BCUT2D eigenvalue weighted by atomic mass is 10.1. The zero-order chi connectivity index (χ0) is 12.1. The van der Waals surface area contributed by atoms with Crippen molar-refractivity contribution in [2.45, 2.75) is 20.8 Å². The summed E-state index contributed by atoms with van der Waals surface area (Å²) in [4.78, 5) is 26.8. The predicted molar refractivity (Wildman–Crippen MR) is 62.1 cm³/mol. The molecular formula is C11H21N3O2. The first-order valence-corrected chi connectivity index (χ1v) is 5.87. The number of piperazine rings is 1. The van der Waals surface area contributed by atoms with Crippen molar-refractivity contribution in [3.05, 3.63) is 0 Å². The van der Waals surface area contributed by atoms with Crippen LogP contribution in [0.5, 0.6) is 0 Å². The maximum atomic E-state index is 11.7. The molecule has 0 aromatic rings. The summed E-state index contributed by atoms with van der Waals surface area (Å²) in [6, 6.07) is -0.0286. The Hall–Kier alpha value is -1.26. The van der Waals surface area contributed by atoms with Crippen LogP contribution in [0.2, 0.25) is 0 Å². The van der Waals surface area contributed by atoms with Gasteiger partial charge in [0.05, 0.1) is 0 Å². The maximum absolute atomic E-state index is 11.7. The van der Waals surface area contributed by atoms with Crippen LogP contribution < -0.4 is 5.32 Å². The summed E-state index contributed by atoms with van der Waals surface area (Å²) in [6.07, 6.45) is 0. The lowest BCUT2D eigenvalue weighted by Gasteiger charge is -2.35. The van der Waals surface area contributed by atoms with Crippen molar-refractivity contribution in [1.29, 1.82) is 0 Å². The predicted octanol–water partition coefficient (Wildman–Crippen LogP) is 0.516. The van der Waals surface area contributed by atoms with Crippen LogP contribution in [0.1, 0.15) is 20.8 Å². The molecule has 0 aromatic carbocycles. The summed E-state index contributed by atoms with van der Waals surface area (Å²) in [5.41, 5.74) is 0. The van der Waals surface area contributed by atoms with E-state index in [2.05, 4.69) is 5.32 Å². The summed E-state index contributed by atoms with van der Waals surface area (Å²) < 4.78 is 0. The number of urea groups is 1. The molecule has 1 saturated heterocycles. The van der Waals surface area contributed by atoms with Gasteiger partial charge in [0.2, 0.25) is 5.91 Å². The first-order chi connectivity index (χ1) is 7.56. The van der Waals surface area contributed by atoms with Gasteiger partial charge >= 0.3 is 6.03 Å². The van der Waals surface area contributed by atoms with Gasteiger partial charge in [0.1, 0.15) is 0 Å². The number of hydrogen-bond donors (Lipinski definition) is 1. The number of hydrogen-bond acceptors (Lipinski definition) is 2. The molecular weight excluding hydrogens is 206 g/mol. The Morgan fingerprint density at radius 1 is 1.12 bits per heavy atom. The standard InChI is InChI=1S/C11H21N3O2/c1-4-12-11(16)14-7-5-13(6-8-14)10(15)9(2)3/h9H,4-8H2,1-3H3,(H,12,16). The monoisotopic (exact) mass is 227 g/mol. The van der Waals surface area contributed by atoms with Crippen LogP contribution in [0.3, 0.4) is 0 Å². The summed E-state index contributed by atoms with van der Waals surface area (Å²) in [6.45, 7) is 8.90. The van der Waals surface area contributed by atoms with Gasteiger partial charge in [-0.2, -0.15) is 0 Å². The number of carbonyl (C=O) groups excluding carboxylic acids is 2. The average molecular weight is 227 g/mol. The van der Waals surface area contributed by atoms with E-state index < -0.39 is 0 Å². The number of nitrogens with zero attached hydrogens (tertiary/aromatic N) is 2. The molecule has 3 amide bonds. The highest BCUT2D eigenvalue weighted by Crippen LogP contribution is 2.06. The highest BCUT2D eigenvalue weighted by molar-refractivity contribution is 5.79. The van der Waals surface area contributed by atoms with E-state index in [9.17, 15) is 9.59 Å². The summed E-state index contributed by atoms with van der Waals surface area (Å²) >= 11 is 0. The first kappa shape index (κ1) is 12.8. The lowest BCUT2D eigenvalue weighted by molar-refractivity contribution is -0.135. The second kappa shape index (κ2) is 5.72. The normalized spacial score (nSPS) is 16.5. The molecule has 1 fully saturated rings. The molecule has 1 rings (SSSR count). The van der Waals surface area contributed by atoms with Gasteiger partial charge in [-0.3, -0.25) is 4.79 Å². The molecule has 1 aliphatic heterocycles. The number of nitrogens with one attached hydrogen (secondary N) is 1. The highest BCUT2D eigenvalue weighted by atomic mass is 16.2. The van der Waals surface area contributed by atoms with Crippen molar-refractivity contribution in [3.8, 4) is 0 Å². The Kier molecular flexibility index (Phi) is 4.58. The third kappa shape index (κ3) is 3.12. The molecule has 0 unspecified atom stereocenters. The van der Waals surface area contributed by atoms with Crippen LogP contribution in [-0.4, -0.2) is 54.5 Å². The Morgan fingerprint density at radius 3 is 2.06 bits per heavy atom. The van der Waals surface area contributed by atoms with E-state index in [1.165, 1.54) is 0 Å². The molecule has 1 aliphatic rings. The molecule has 1 heterocycles. The molecule has 0 aromatic heterocycles. The summed E-state index contributed by atoms with van der Waals surface area (Å²) in [5, 5.41) is 2.77. The number of amides is 3. The van der Waals surface area contributed by atoms with Crippen LogP contribution >= 0.6 is 0 Å². The third-order valence-electron chi connectivity index (χ3n) is 2.70. The van der Waals surface area contributed by atoms with E-state index in [1.807, 2.05) is 25.7 Å². The first-order valence-electron chi connectivity index (χ1n) is 5.87. The van der Waals surface area contributed by atoms with Crippen molar-refractivity contribution in [3.63, 3.8) is 0 Å². The van der Waals surface area contributed by atoms with E-state index in [4.69, 9.17) is 0 Å². The summed E-state index contributed by atoms with van der Waals surface area (Å²) in [5.74, 6) is 0.214. The Labute approximate surface area is 96.8 Å². The van der Waals surface area contributed by atoms with Crippen molar-refractivity contribution in [2.75, 3.05) is 32.7 Å². The zero-order valence-electron chi connectivity index (χ0n) is 10.3. The number of carbonyl (C=O) groups is 2. The average Bonchev–Trinajstić information content (AvgIpc) is 2.28. The maximum Gasteiger partial charge on any atom is 0.317 e. The SMILES string of the molecule is CCNC(=O)N1CCN(C(=O)C(C)C)CC1. The molecule has 1 N–H and O–H groups in total. The number of rotatable bonds is 2. The topological polar surface area (TPSA) is 52.7 Å². The molecule has 0 spiro atoms. The molecule has 0 atom stereocenters. The van der Waals surface area contributed by atoms with Crippen LogP contribution in [-0.2, 0) is 4.79 Å². The molecule has 92 valence electrons. The Morgan fingerprint density at radius 2 is 1.62 bits per heavy atom. The van der Waals surface area contributed by atoms with Crippen LogP contribution in [0.15, 0.2) is 0 Å². The molecule has 16 heavy (non-hydrogen) atoms. The fraction of sp³-hybridized carbons (Fsp3) is 0.818. The van der Waals surface area contributed by atoms with Gasteiger partial charge < -0.3 is 15.1 Å². The van der Waals surface area contributed by atoms with E-state index in [-0.39, 0.29) is 17.9 Å². The van der Waals surface area contributed by atoms with Crippen molar-refractivity contribution < 1.29 is 9.59 Å². The second-order valence-corrected chi connectivity index (χ2v) is 4.30. The fourth-order valence-corrected chi connectivity index (χ4v) is 1.76. The summed E-state index contributed by atoms with van der Waals surface area (Å²) in [7, 11) is 0. The molecule has 0 radical (unpaired) electrons. The van der Waals surface area contributed by atoms with E-state index in [0.717, 1.165) is 0 Å². The zero-order valence-corrected chi connectivity index (χ0v) is 10.3. The lowest BCUT2D eigenvalue weighted by Crippen LogP contribution is -2.53. The van der Waals surface area contributed by atoms with Gasteiger partial charge in [-0.1, -0.05) is 13.8 Å². The largest absolute Gasteiger partial charge is 0.339 e. The molecule has 5 heteroatoms. The molecule has 5 nitrogen and oxygen atoms in total. The smallest absolute Gasteiger partial charge is 0.317 e. The van der Waals surface area contributed by atoms with Crippen LogP contribution in [0.4, 0.5) is 4.79 Å². The van der Waals surface area contributed by atoms with Crippen LogP contribution in [0, 0.1) is 5.92 Å². The van der Waals surface area contributed by atoms with E-state index >= 15 is 0 Å². The minimum atomic E-state index is -0.0286. The van der Waals surface area contributed by atoms with Crippen molar-refractivity contribution in [1.82, 2.24) is 15.1 Å². The van der Waals surface area contributed by atoms with Gasteiger partial charge in [-0.05, 0) is 6.92 Å². The third-order valence-corrected chi connectivity index (χ3v) is 2.70. The molecule has 0 bridgehead atoms. The van der Waals surface area contributed by atoms with Gasteiger partial charge in [0.15, 0.2) is 0 Å². The molecule has 0 saturated carbocycles. The van der Waals surface area contributed by atoms with Gasteiger partial charge in [-0.25, -0.2) is 4.79 Å². The fourth-order valence-electron chi connectivity index (χ4n) is 1.76. The van der Waals surface area contributed by atoms with E-state index in [1.54, 1.807) is 4.90 Å². The second-order valence-electron chi connectivity index (χ2n) is 4.30. The van der Waals surface area contributed by atoms with Gasteiger partial charge in [0.25, 0.3) is 0 Å². The minimum absolute atomic E-state index is 0.0286. The van der Waals surface area contributed by atoms with Crippen molar-refractivity contribution >= 4 is 11.9 Å².